The van der Waals surface area contributed by atoms with Crippen molar-refractivity contribution in [3.63, 3.8) is 0 Å². The number of hydrogen-bond donors (Lipinski definition) is 3. The first kappa shape index (κ1) is 16.5. The highest BCUT2D eigenvalue weighted by molar-refractivity contribution is 7.23. The molecule has 0 aromatic rings. The zero-order chi connectivity index (χ0) is 14.1. The van der Waals surface area contributed by atoms with E-state index >= 15 is 0 Å². The molecule has 0 unspecified atom stereocenters. The molecule has 0 fully saturated rings. The maximum Gasteiger partial charge on any atom is 0.325 e. The fraction of sp³-hybridized carbons (Fsp3) is 0.700. The number of hydrogen-bond acceptors (Lipinski definition) is 4. The minimum atomic E-state index is -1.14. The molecule has 2 amide bonds. The summed E-state index contributed by atoms with van der Waals surface area (Å²) in [5.41, 5.74) is 0. The second kappa shape index (κ2) is 8.58. The molecule has 0 spiro atoms. The monoisotopic (exact) mass is 276 g/mol. The van der Waals surface area contributed by atoms with Crippen LogP contribution < -0.4 is 10.6 Å². The number of carbonyl (C=O) groups excluding carboxylic acids is 2. The largest absolute Gasteiger partial charge is 0.480 e. The molecule has 0 aromatic heterocycles. The minimum absolute atomic E-state index is 0.0132. The lowest BCUT2D eigenvalue weighted by atomic mass is 10.2. The van der Waals surface area contributed by atoms with E-state index in [9.17, 15) is 18.9 Å². The van der Waals surface area contributed by atoms with Gasteiger partial charge in [-0.2, -0.15) is 0 Å². The lowest BCUT2D eigenvalue weighted by Gasteiger charge is -2.16. The van der Waals surface area contributed by atoms with Gasteiger partial charge in [-0.1, -0.05) is 0 Å². The summed E-state index contributed by atoms with van der Waals surface area (Å²) in [6.45, 7) is 2.80. The van der Waals surface area contributed by atoms with Crippen LogP contribution in [0.3, 0.4) is 0 Å². The summed E-state index contributed by atoms with van der Waals surface area (Å²) in [5, 5.41) is 13.3. The summed E-state index contributed by atoms with van der Waals surface area (Å²) in [7, 11) is -0.0132. The normalized spacial score (nSPS) is 13.7. The van der Waals surface area contributed by atoms with E-state index in [1.165, 1.54) is 13.8 Å². The lowest BCUT2D eigenvalue weighted by molar-refractivity contribution is -0.141. The third-order valence-corrected chi connectivity index (χ3v) is 2.65. The Hall–Kier alpha value is -1.49. The van der Waals surface area contributed by atoms with Gasteiger partial charge in [0.15, 0.2) is 8.46 Å². The van der Waals surface area contributed by atoms with Gasteiger partial charge in [-0.15, -0.1) is 0 Å². The van der Waals surface area contributed by atoms with Crippen molar-refractivity contribution in [3.05, 3.63) is 0 Å². The standard InChI is InChI=1S/C10H17N2O5P/c1-6(9(14)12-7(2)10(15)16)11-8(13)4-3-5-18-17/h6-7H,3-5H2,1-2H3,(H,11,13)(H,12,14)(H,15,16)/t6-,7-/m0/s1. The van der Waals surface area contributed by atoms with Crippen LogP contribution in [0.2, 0.25) is 0 Å². The summed E-state index contributed by atoms with van der Waals surface area (Å²) >= 11 is 0. The number of carboxylic acids is 1. The Labute approximate surface area is 107 Å². The fourth-order valence-electron chi connectivity index (χ4n) is 1.08. The summed E-state index contributed by atoms with van der Waals surface area (Å²) in [6.07, 6.45) is 1.04. The van der Waals surface area contributed by atoms with Crippen molar-refractivity contribution in [2.75, 3.05) is 6.16 Å². The highest BCUT2D eigenvalue weighted by Crippen LogP contribution is 1.99. The number of nitrogens with one attached hydrogen (secondary N) is 2. The molecule has 8 heteroatoms. The Kier molecular flexibility index (Phi) is 7.87. The van der Waals surface area contributed by atoms with Gasteiger partial charge in [0.1, 0.15) is 12.1 Å². The van der Waals surface area contributed by atoms with Crippen molar-refractivity contribution >= 4 is 26.2 Å². The van der Waals surface area contributed by atoms with Gasteiger partial charge in [0.2, 0.25) is 11.8 Å². The molecular weight excluding hydrogens is 259 g/mol. The van der Waals surface area contributed by atoms with Crippen LogP contribution in [-0.2, 0) is 18.9 Å². The van der Waals surface area contributed by atoms with Crippen molar-refractivity contribution in [1.29, 1.82) is 0 Å². The van der Waals surface area contributed by atoms with Crippen LogP contribution in [0, 0.1) is 0 Å². The highest BCUT2D eigenvalue weighted by atomic mass is 31.1. The van der Waals surface area contributed by atoms with Crippen LogP contribution in [0.4, 0.5) is 0 Å². The molecule has 2 atom stereocenters. The molecule has 0 aliphatic rings. The Balaban J connectivity index is 4.03. The van der Waals surface area contributed by atoms with Crippen molar-refractivity contribution in [2.45, 2.75) is 38.8 Å². The van der Waals surface area contributed by atoms with E-state index in [-0.39, 0.29) is 20.8 Å². The molecule has 0 aliphatic carbocycles. The first-order valence-corrected chi connectivity index (χ1v) is 6.50. The number of amides is 2. The molecule has 0 aliphatic heterocycles. The van der Waals surface area contributed by atoms with Crippen molar-refractivity contribution in [1.82, 2.24) is 10.6 Å². The zero-order valence-corrected chi connectivity index (χ0v) is 11.2. The molecule has 0 heterocycles. The molecule has 0 radical (unpaired) electrons. The van der Waals surface area contributed by atoms with E-state index in [0.717, 1.165) is 0 Å². The Morgan fingerprint density at radius 1 is 1.17 bits per heavy atom. The van der Waals surface area contributed by atoms with E-state index in [1.54, 1.807) is 0 Å². The van der Waals surface area contributed by atoms with Crippen LogP contribution in [0.25, 0.3) is 0 Å². The minimum Gasteiger partial charge on any atom is -0.480 e. The lowest BCUT2D eigenvalue weighted by Crippen LogP contribution is -2.49. The van der Waals surface area contributed by atoms with E-state index < -0.39 is 24.0 Å². The van der Waals surface area contributed by atoms with E-state index in [4.69, 9.17) is 5.11 Å². The summed E-state index contributed by atoms with van der Waals surface area (Å²) in [6, 6.07) is -1.81. The molecule has 0 saturated heterocycles. The molecule has 0 aromatic carbocycles. The molecule has 0 bridgehead atoms. The smallest absolute Gasteiger partial charge is 0.325 e. The number of aliphatic carboxylic acids is 1. The topological polar surface area (TPSA) is 113 Å². The van der Waals surface area contributed by atoms with Crippen LogP contribution >= 0.6 is 8.46 Å². The van der Waals surface area contributed by atoms with Gasteiger partial charge in [-0.25, -0.2) is 0 Å². The second-order valence-electron chi connectivity index (χ2n) is 3.81. The highest BCUT2D eigenvalue weighted by Gasteiger charge is 2.19. The summed E-state index contributed by atoms with van der Waals surface area (Å²) in [5.74, 6) is -2.03. The number of carboxylic acid groups (broad SMARTS) is 1. The predicted octanol–water partition coefficient (Wildman–Crippen LogP) is 0.152. The van der Waals surface area contributed by atoms with Gasteiger partial charge in [-0.05, 0) is 20.3 Å². The zero-order valence-electron chi connectivity index (χ0n) is 10.3. The fourth-order valence-corrected chi connectivity index (χ4v) is 1.37. The molecule has 7 nitrogen and oxygen atoms in total. The summed E-state index contributed by atoms with van der Waals surface area (Å²) in [4.78, 5) is 33.3. The van der Waals surface area contributed by atoms with E-state index in [2.05, 4.69) is 10.6 Å². The first-order chi connectivity index (χ1) is 8.38. The maximum absolute atomic E-state index is 11.5. The molecule has 0 rings (SSSR count). The Bertz CT molecular complexity index is 334. The quantitative estimate of drug-likeness (QED) is 0.431. The first-order valence-electron chi connectivity index (χ1n) is 5.50. The van der Waals surface area contributed by atoms with E-state index in [1.807, 2.05) is 0 Å². The van der Waals surface area contributed by atoms with Crippen molar-refractivity contribution < 1.29 is 24.1 Å². The van der Waals surface area contributed by atoms with Gasteiger partial charge >= 0.3 is 5.97 Å². The van der Waals surface area contributed by atoms with Crippen LogP contribution in [-0.4, -0.2) is 41.1 Å². The van der Waals surface area contributed by atoms with Crippen LogP contribution in [0.5, 0.6) is 0 Å². The molecule has 0 saturated carbocycles. The van der Waals surface area contributed by atoms with Crippen LogP contribution in [0.15, 0.2) is 0 Å². The molecule has 102 valence electrons. The number of rotatable bonds is 8. The van der Waals surface area contributed by atoms with E-state index in [0.29, 0.717) is 12.6 Å². The molecular formula is C10H17N2O5P. The third-order valence-electron chi connectivity index (χ3n) is 2.15. The van der Waals surface area contributed by atoms with Crippen LogP contribution in [0.1, 0.15) is 26.7 Å². The van der Waals surface area contributed by atoms with Gasteiger partial charge in [0.25, 0.3) is 0 Å². The molecule has 18 heavy (non-hydrogen) atoms. The third kappa shape index (κ3) is 6.96. The van der Waals surface area contributed by atoms with Crippen molar-refractivity contribution in [3.8, 4) is 0 Å². The average Bonchev–Trinajstić information content (AvgIpc) is 2.28. The van der Waals surface area contributed by atoms with Gasteiger partial charge in [0.05, 0.1) is 0 Å². The average molecular weight is 276 g/mol. The van der Waals surface area contributed by atoms with Crippen molar-refractivity contribution in [2.24, 2.45) is 0 Å². The Morgan fingerprint density at radius 2 is 1.78 bits per heavy atom. The molecule has 3 N–H and O–H groups in total. The maximum atomic E-state index is 11.5. The Morgan fingerprint density at radius 3 is 2.28 bits per heavy atom. The predicted molar refractivity (Wildman–Crippen MR) is 64.6 cm³/mol. The second-order valence-corrected chi connectivity index (χ2v) is 4.52. The SMILES string of the molecule is C[C@H](NC(=O)[C@H](C)NC(=O)CCCP=O)C(=O)O. The van der Waals surface area contributed by atoms with Gasteiger partial charge in [-0.3, -0.25) is 18.9 Å². The van der Waals surface area contributed by atoms with Gasteiger partial charge < -0.3 is 15.7 Å². The van der Waals surface area contributed by atoms with Gasteiger partial charge in [0, 0.05) is 12.6 Å². The number of carbonyl (C=O) groups is 3. The summed E-state index contributed by atoms with van der Waals surface area (Å²) < 4.78 is 10.1.